The number of amidine groups is 1. The predicted molar refractivity (Wildman–Crippen MR) is 91.3 cm³/mol. The molecule has 2 aliphatic heterocycles. The molecule has 1 aromatic heterocycles. The molecule has 2 aromatic rings. The van der Waals surface area contributed by atoms with Crippen LogP contribution in [0.5, 0.6) is 0 Å². The molecule has 0 bridgehead atoms. The van der Waals surface area contributed by atoms with Gasteiger partial charge in [-0.3, -0.25) is 4.98 Å². The molecule has 0 radical (unpaired) electrons. The molecule has 3 heterocycles. The SMILES string of the molecule is Fc1cccc(F)c1-c1cc(Cl)cnc1C1CC(N2CCCC2)=NO1. The summed E-state index contributed by atoms with van der Waals surface area (Å²) in [5.74, 6) is -0.466. The van der Waals surface area contributed by atoms with E-state index in [-0.39, 0.29) is 5.56 Å². The summed E-state index contributed by atoms with van der Waals surface area (Å²) in [5.41, 5.74) is 0.586. The summed E-state index contributed by atoms with van der Waals surface area (Å²) >= 11 is 6.03. The van der Waals surface area contributed by atoms with Gasteiger partial charge >= 0.3 is 0 Å². The fourth-order valence-electron chi connectivity index (χ4n) is 3.34. The molecule has 0 amide bonds. The lowest BCUT2D eigenvalue weighted by Gasteiger charge is -2.17. The lowest BCUT2D eigenvalue weighted by Crippen LogP contribution is -2.26. The lowest BCUT2D eigenvalue weighted by atomic mass is 9.98. The molecule has 2 aliphatic rings. The number of nitrogens with zero attached hydrogens (tertiary/aromatic N) is 3. The molecule has 7 heteroatoms. The van der Waals surface area contributed by atoms with Crippen molar-refractivity contribution >= 4 is 17.4 Å². The first-order valence-corrected chi connectivity index (χ1v) is 8.59. The summed E-state index contributed by atoms with van der Waals surface area (Å²) in [7, 11) is 0. The van der Waals surface area contributed by atoms with Gasteiger partial charge in [0.05, 0.1) is 22.7 Å². The molecular weight excluding hydrogens is 348 g/mol. The van der Waals surface area contributed by atoms with E-state index in [1.807, 2.05) is 0 Å². The van der Waals surface area contributed by atoms with Gasteiger partial charge in [-0.15, -0.1) is 0 Å². The van der Waals surface area contributed by atoms with Gasteiger partial charge in [-0.25, -0.2) is 8.78 Å². The van der Waals surface area contributed by atoms with Gasteiger partial charge < -0.3 is 9.74 Å². The fourth-order valence-corrected chi connectivity index (χ4v) is 3.49. The van der Waals surface area contributed by atoms with E-state index in [0.717, 1.165) is 31.8 Å². The minimum atomic E-state index is -0.663. The molecule has 1 saturated heterocycles. The largest absolute Gasteiger partial charge is 0.384 e. The number of oxime groups is 1. The average molecular weight is 364 g/mol. The molecule has 0 aliphatic carbocycles. The van der Waals surface area contributed by atoms with Crippen LogP contribution in [0, 0.1) is 11.6 Å². The van der Waals surface area contributed by atoms with Gasteiger partial charge in [0.2, 0.25) is 0 Å². The van der Waals surface area contributed by atoms with Crippen molar-refractivity contribution in [1.29, 1.82) is 0 Å². The Morgan fingerprint density at radius 2 is 1.88 bits per heavy atom. The number of aromatic nitrogens is 1. The molecule has 1 unspecified atom stereocenters. The van der Waals surface area contributed by atoms with E-state index >= 15 is 0 Å². The molecule has 4 rings (SSSR count). The predicted octanol–water partition coefficient (Wildman–Crippen LogP) is 4.55. The van der Waals surface area contributed by atoms with E-state index in [2.05, 4.69) is 15.0 Å². The van der Waals surface area contributed by atoms with Crippen molar-refractivity contribution in [2.45, 2.75) is 25.4 Å². The molecule has 0 spiro atoms. The molecule has 25 heavy (non-hydrogen) atoms. The van der Waals surface area contributed by atoms with E-state index in [1.54, 1.807) is 0 Å². The molecule has 1 atom stereocenters. The molecule has 1 fully saturated rings. The Balaban J connectivity index is 1.70. The zero-order valence-electron chi connectivity index (χ0n) is 13.4. The number of likely N-dealkylation sites (tertiary alicyclic amines) is 1. The van der Waals surface area contributed by atoms with Crippen molar-refractivity contribution in [2.24, 2.45) is 5.16 Å². The Kier molecular flexibility index (Phi) is 4.29. The van der Waals surface area contributed by atoms with E-state index in [9.17, 15) is 8.78 Å². The first kappa shape index (κ1) is 16.3. The van der Waals surface area contributed by atoms with Crippen molar-refractivity contribution < 1.29 is 13.6 Å². The van der Waals surface area contributed by atoms with Gasteiger partial charge in [-0.05, 0) is 31.0 Å². The maximum Gasteiger partial charge on any atom is 0.177 e. The summed E-state index contributed by atoms with van der Waals surface area (Å²) in [6.45, 7) is 1.91. The van der Waals surface area contributed by atoms with Crippen LogP contribution < -0.4 is 0 Å². The number of benzene rings is 1. The number of pyridine rings is 1. The molecule has 0 N–H and O–H groups in total. The molecular formula is C18H16ClF2N3O. The Morgan fingerprint density at radius 3 is 2.60 bits per heavy atom. The van der Waals surface area contributed by atoms with Crippen molar-refractivity contribution in [3.8, 4) is 11.1 Å². The van der Waals surface area contributed by atoms with Gasteiger partial charge in [0.15, 0.2) is 6.10 Å². The van der Waals surface area contributed by atoms with E-state index in [1.165, 1.54) is 30.5 Å². The third-order valence-electron chi connectivity index (χ3n) is 4.55. The molecule has 0 saturated carbocycles. The molecule has 1 aromatic carbocycles. The third kappa shape index (κ3) is 3.06. The highest BCUT2D eigenvalue weighted by Gasteiger charge is 2.32. The van der Waals surface area contributed by atoms with Crippen LogP contribution >= 0.6 is 11.6 Å². The van der Waals surface area contributed by atoms with Crippen molar-refractivity contribution in [3.05, 3.63) is 52.8 Å². The Labute approximate surface area is 149 Å². The maximum absolute atomic E-state index is 14.3. The third-order valence-corrected chi connectivity index (χ3v) is 4.75. The molecule has 130 valence electrons. The average Bonchev–Trinajstić information content (AvgIpc) is 3.26. The fraction of sp³-hybridized carbons (Fsp3) is 0.333. The Hall–Kier alpha value is -2.21. The first-order chi connectivity index (χ1) is 12.1. The monoisotopic (exact) mass is 363 g/mol. The zero-order valence-corrected chi connectivity index (χ0v) is 14.1. The van der Waals surface area contributed by atoms with E-state index in [4.69, 9.17) is 16.4 Å². The summed E-state index contributed by atoms with van der Waals surface area (Å²) in [4.78, 5) is 12.0. The van der Waals surface area contributed by atoms with Gasteiger partial charge in [0.1, 0.15) is 17.5 Å². The smallest absolute Gasteiger partial charge is 0.177 e. The van der Waals surface area contributed by atoms with Gasteiger partial charge in [-0.2, -0.15) is 0 Å². The Bertz CT molecular complexity index is 817. The van der Waals surface area contributed by atoms with Crippen LogP contribution in [0.3, 0.4) is 0 Å². The van der Waals surface area contributed by atoms with Gasteiger partial charge in [0, 0.05) is 24.8 Å². The number of hydrogen-bond acceptors (Lipinski definition) is 4. The molecule has 4 nitrogen and oxygen atoms in total. The second kappa shape index (κ2) is 6.59. The standard InChI is InChI=1S/C18H16ClF2N3O/c19-11-8-12(17-13(20)4-3-5-14(17)21)18(22-10-11)15-9-16(23-25-15)24-6-1-2-7-24/h3-5,8,10,15H,1-2,6-7,9H2. The zero-order chi connectivity index (χ0) is 17.4. The summed E-state index contributed by atoms with van der Waals surface area (Å²) in [6, 6.07) is 5.27. The minimum absolute atomic E-state index is 0.147. The Morgan fingerprint density at radius 1 is 1.16 bits per heavy atom. The summed E-state index contributed by atoms with van der Waals surface area (Å²) < 4.78 is 28.5. The van der Waals surface area contributed by atoms with Crippen LogP contribution in [0.2, 0.25) is 5.02 Å². The second-order valence-electron chi connectivity index (χ2n) is 6.18. The highest BCUT2D eigenvalue weighted by atomic mass is 35.5. The number of halogens is 3. The van der Waals surface area contributed by atoms with Crippen LogP contribution in [0.15, 0.2) is 35.6 Å². The number of rotatable bonds is 2. The minimum Gasteiger partial charge on any atom is -0.384 e. The van der Waals surface area contributed by atoms with Crippen LogP contribution in [0.4, 0.5) is 8.78 Å². The topological polar surface area (TPSA) is 37.7 Å². The van der Waals surface area contributed by atoms with Crippen LogP contribution in [-0.2, 0) is 4.84 Å². The van der Waals surface area contributed by atoms with E-state index < -0.39 is 17.7 Å². The summed E-state index contributed by atoms with van der Waals surface area (Å²) in [6.07, 6.45) is 3.76. The normalized spacial score (nSPS) is 19.9. The maximum atomic E-state index is 14.3. The summed E-state index contributed by atoms with van der Waals surface area (Å²) in [5, 5.41) is 4.47. The highest BCUT2D eigenvalue weighted by molar-refractivity contribution is 6.30. The van der Waals surface area contributed by atoms with Crippen LogP contribution in [0.1, 0.15) is 31.1 Å². The highest BCUT2D eigenvalue weighted by Crippen LogP contribution is 2.37. The van der Waals surface area contributed by atoms with Crippen molar-refractivity contribution in [2.75, 3.05) is 13.1 Å². The van der Waals surface area contributed by atoms with Gasteiger partial charge in [-0.1, -0.05) is 22.8 Å². The first-order valence-electron chi connectivity index (χ1n) is 8.21. The van der Waals surface area contributed by atoms with E-state index in [0.29, 0.717) is 22.7 Å². The van der Waals surface area contributed by atoms with Crippen molar-refractivity contribution in [3.63, 3.8) is 0 Å². The number of hydrogen-bond donors (Lipinski definition) is 0. The lowest BCUT2D eigenvalue weighted by molar-refractivity contribution is 0.0828. The second-order valence-corrected chi connectivity index (χ2v) is 6.62. The quantitative estimate of drug-likeness (QED) is 0.785. The van der Waals surface area contributed by atoms with Crippen LogP contribution in [-0.4, -0.2) is 28.8 Å². The van der Waals surface area contributed by atoms with Crippen molar-refractivity contribution in [1.82, 2.24) is 9.88 Å². The van der Waals surface area contributed by atoms with Crippen LogP contribution in [0.25, 0.3) is 11.1 Å². The van der Waals surface area contributed by atoms with Gasteiger partial charge in [0.25, 0.3) is 0 Å².